The van der Waals surface area contributed by atoms with Gasteiger partial charge < -0.3 is 20.8 Å². The van der Waals surface area contributed by atoms with Gasteiger partial charge in [-0.2, -0.15) is 0 Å². The molecule has 3 unspecified atom stereocenters. The lowest BCUT2D eigenvalue weighted by Gasteiger charge is -2.19. The summed E-state index contributed by atoms with van der Waals surface area (Å²) in [5, 5.41) is 22.3. The van der Waals surface area contributed by atoms with Crippen molar-refractivity contribution in [3.8, 4) is 0 Å². The van der Waals surface area contributed by atoms with Crippen LogP contribution in [-0.4, -0.2) is 60.3 Å². The summed E-state index contributed by atoms with van der Waals surface area (Å²) in [6.45, 7) is 1.24. The molecule has 0 aromatic carbocycles. The number of urea groups is 1. The van der Waals surface area contributed by atoms with Crippen LogP contribution in [0.1, 0.15) is 13.3 Å². The van der Waals surface area contributed by atoms with E-state index in [0.717, 1.165) is 0 Å². The molecular formula is C9H16N2O6S. The Balaban J connectivity index is 2.49. The fourth-order valence-electron chi connectivity index (χ4n) is 1.67. The van der Waals surface area contributed by atoms with Gasteiger partial charge in [0.1, 0.15) is 0 Å². The van der Waals surface area contributed by atoms with Gasteiger partial charge in [-0.15, -0.1) is 0 Å². The first-order valence-corrected chi connectivity index (χ1v) is 7.22. The lowest BCUT2D eigenvalue weighted by molar-refractivity contribution is -0.141. The summed E-state index contributed by atoms with van der Waals surface area (Å²) in [6.07, 6.45) is -0.942. The molecule has 0 radical (unpaired) electrons. The molecule has 0 saturated carbocycles. The maximum atomic E-state index is 11.4. The van der Waals surface area contributed by atoms with Gasteiger partial charge in [0.15, 0.2) is 15.9 Å². The Bertz CT molecular complexity index is 432. The van der Waals surface area contributed by atoms with Gasteiger partial charge in [0.05, 0.1) is 17.6 Å². The van der Waals surface area contributed by atoms with E-state index in [0.29, 0.717) is 6.42 Å². The molecule has 1 aliphatic heterocycles. The summed E-state index contributed by atoms with van der Waals surface area (Å²) < 4.78 is 22.3. The van der Waals surface area contributed by atoms with Crippen LogP contribution in [-0.2, 0) is 14.6 Å². The molecule has 8 nitrogen and oxygen atoms in total. The molecule has 0 aromatic rings. The first-order valence-electron chi connectivity index (χ1n) is 5.39. The van der Waals surface area contributed by atoms with Crippen molar-refractivity contribution in [1.82, 2.24) is 10.6 Å². The molecule has 4 N–H and O–H groups in total. The summed E-state index contributed by atoms with van der Waals surface area (Å²) in [6, 6.07) is -2.74. The van der Waals surface area contributed by atoms with Crippen molar-refractivity contribution in [1.29, 1.82) is 0 Å². The van der Waals surface area contributed by atoms with Crippen molar-refractivity contribution < 1.29 is 28.2 Å². The van der Waals surface area contributed by atoms with Gasteiger partial charge >= 0.3 is 12.0 Å². The molecule has 1 saturated heterocycles. The van der Waals surface area contributed by atoms with Gasteiger partial charge in [-0.3, -0.25) is 0 Å². The van der Waals surface area contributed by atoms with Crippen LogP contribution >= 0.6 is 0 Å². The van der Waals surface area contributed by atoms with E-state index in [1.165, 1.54) is 6.92 Å². The molecule has 2 amide bonds. The zero-order chi connectivity index (χ0) is 13.9. The minimum Gasteiger partial charge on any atom is -0.480 e. The van der Waals surface area contributed by atoms with E-state index in [4.69, 9.17) is 10.2 Å². The molecule has 1 aliphatic rings. The summed E-state index contributed by atoms with van der Waals surface area (Å²) in [5.41, 5.74) is 0. The van der Waals surface area contributed by atoms with Gasteiger partial charge in [0.25, 0.3) is 0 Å². The highest BCUT2D eigenvalue weighted by molar-refractivity contribution is 7.91. The summed E-state index contributed by atoms with van der Waals surface area (Å²) in [7, 11) is -3.11. The van der Waals surface area contributed by atoms with Crippen LogP contribution in [0, 0.1) is 0 Å². The van der Waals surface area contributed by atoms with E-state index in [9.17, 15) is 18.0 Å². The maximum Gasteiger partial charge on any atom is 0.328 e. The number of amides is 2. The number of carbonyl (C=O) groups is 2. The molecule has 18 heavy (non-hydrogen) atoms. The quantitative estimate of drug-likeness (QED) is 0.485. The Morgan fingerprint density at radius 2 is 2.00 bits per heavy atom. The van der Waals surface area contributed by atoms with E-state index in [1.54, 1.807) is 0 Å². The smallest absolute Gasteiger partial charge is 0.328 e. The standard InChI is InChI=1S/C9H16N2O6S/c1-5(12)7(8(13)14)11-9(15)10-6-2-3-18(16,17)4-6/h5-7,12H,2-4H2,1H3,(H,13,14)(H2,10,11,15). The third kappa shape index (κ3) is 4.15. The second-order valence-electron chi connectivity index (χ2n) is 4.27. The number of carboxylic acids is 1. The van der Waals surface area contributed by atoms with E-state index in [1.807, 2.05) is 0 Å². The number of hydrogen-bond acceptors (Lipinski definition) is 5. The average Bonchev–Trinajstić information content (AvgIpc) is 2.53. The van der Waals surface area contributed by atoms with Crippen LogP contribution < -0.4 is 10.6 Å². The number of sulfone groups is 1. The van der Waals surface area contributed by atoms with Gasteiger partial charge in [-0.05, 0) is 13.3 Å². The van der Waals surface area contributed by atoms with E-state index in [2.05, 4.69) is 10.6 Å². The van der Waals surface area contributed by atoms with Crippen molar-refractivity contribution in [2.45, 2.75) is 31.5 Å². The molecule has 9 heteroatoms. The minimum atomic E-state index is -3.11. The Morgan fingerprint density at radius 3 is 2.39 bits per heavy atom. The fraction of sp³-hybridized carbons (Fsp3) is 0.778. The highest BCUT2D eigenvalue weighted by atomic mass is 32.2. The number of aliphatic hydroxyl groups excluding tert-OH is 1. The molecule has 1 heterocycles. The van der Waals surface area contributed by atoms with Crippen LogP contribution in [0.25, 0.3) is 0 Å². The van der Waals surface area contributed by atoms with E-state index in [-0.39, 0.29) is 11.5 Å². The van der Waals surface area contributed by atoms with E-state index >= 15 is 0 Å². The fourth-order valence-corrected chi connectivity index (χ4v) is 3.34. The average molecular weight is 280 g/mol. The molecule has 1 rings (SSSR count). The topological polar surface area (TPSA) is 133 Å². The van der Waals surface area contributed by atoms with Crippen molar-refractivity contribution in [2.75, 3.05) is 11.5 Å². The molecule has 0 aromatic heterocycles. The van der Waals surface area contributed by atoms with Gasteiger partial charge in [0.2, 0.25) is 0 Å². The van der Waals surface area contributed by atoms with Gasteiger partial charge in [-0.1, -0.05) is 0 Å². The summed E-state index contributed by atoms with van der Waals surface area (Å²) >= 11 is 0. The van der Waals surface area contributed by atoms with Crippen molar-refractivity contribution in [3.05, 3.63) is 0 Å². The van der Waals surface area contributed by atoms with Crippen molar-refractivity contribution in [2.24, 2.45) is 0 Å². The van der Waals surface area contributed by atoms with Crippen LogP contribution in [0.2, 0.25) is 0 Å². The normalized spacial score (nSPS) is 25.1. The van der Waals surface area contributed by atoms with Crippen LogP contribution in [0.3, 0.4) is 0 Å². The number of rotatable bonds is 4. The molecule has 1 fully saturated rings. The number of nitrogens with one attached hydrogen (secondary N) is 2. The zero-order valence-electron chi connectivity index (χ0n) is 9.79. The Kier molecular flexibility index (Phi) is 4.52. The Hall–Kier alpha value is -1.35. The number of aliphatic hydroxyl groups is 1. The number of aliphatic carboxylic acids is 1. The first kappa shape index (κ1) is 14.7. The number of hydrogen-bond donors (Lipinski definition) is 4. The molecule has 0 bridgehead atoms. The van der Waals surface area contributed by atoms with E-state index < -0.39 is 40.0 Å². The molecule has 104 valence electrons. The minimum absolute atomic E-state index is 0.0106. The number of carbonyl (C=O) groups excluding carboxylic acids is 1. The lowest BCUT2D eigenvalue weighted by Crippen LogP contribution is -2.53. The third-order valence-corrected chi connectivity index (χ3v) is 4.37. The maximum absolute atomic E-state index is 11.4. The summed E-state index contributed by atoms with van der Waals surface area (Å²) in [5.74, 6) is -1.50. The monoisotopic (exact) mass is 280 g/mol. The predicted molar refractivity (Wildman–Crippen MR) is 61.8 cm³/mol. The van der Waals surface area contributed by atoms with Crippen LogP contribution in [0.4, 0.5) is 4.79 Å². The Labute approximate surface area is 104 Å². The Morgan fingerprint density at radius 1 is 1.39 bits per heavy atom. The summed E-state index contributed by atoms with van der Waals surface area (Å²) in [4.78, 5) is 22.2. The van der Waals surface area contributed by atoms with Crippen molar-refractivity contribution in [3.63, 3.8) is 0 Å². The highest BCUT2D eigenvalue weighted by Gasteiger charge is 2.31. The van der Waals surface area contributed by atoms with Crippen LogP contribution in [0.15, 0.2) is 0 Å². The van der Waals surface area contributed by atoms with Crippen molar-refractivity contribution >= 4 is 21.8 Å². The highest BCUT2D eigenvalue weighted by Crippen LogP contribution is 2.10. The molecule has 0 aliphatic carbocycles. The van der Waals surface area contributed by atoms with Gasteiger partial charge in [0, 0.05) is 6.04 Å². The second kappa shape index (κ2) is 5.53. The zero-order valence-corrected chi connectivity index (χ0v) is 10.6. The molecule has 0 spiro atoms. The molecular weight excluding hydrogens is 264 g/mol. The predicted octanol–water partition coefficient (Wildman–Crippen LogP) is -1.69. The number of carboxylic acid groups (broad SMARTS) is 1. The lowest BCUT2D eigenvalue weighted by atomic mass is 10.2. The first-order chi connectivity index (χ1) is 8.21. The largest absolute Gasteiger partial charge is 0.480 e. The molecule has 3 atom stereocenters. The SMILES string of the molecule is CC(O)C(NC(=O)NC1CCS(=O)(=O)C1)C(=O)O. The van der Waals surface area contributed by atoms with Crippen LogP contribution in [0.5, 0.6) is 0 Å². The second-order valence-corrected chi connectivity index (χ2v) is 6.50. The third-order valence-electron chi connectivity index (χ3n) is 2.60. The van der Waals surface area contributed by atoms with Gasteiger partial charge in [-0.25, -0.2) is 18.0 Å².